The number of nitrogens with one attached hydrogen (secondary N) is 1. The van der Waals surface area contributed by atoms with Crippen molar-refractivity contribution >= 4 is 10.8 Å². The summed E-state index contributed by atoms with van der Waals surface area (Å²) in [5.74, 6) is 0. The van der Waals surface area contributed by atoms with Crippen LogP contribution in [0.3, 0.4) is 0 Å². The smallest absolute Gasteiger partial charge is 0.0594 e. The van der Waals surface area contributed by atoms with E-state index in [0.29, 0.717) is 6.04 Å². The van der Waals surface area contributed by atoms with Crippen molar-refractivity contribution in [2.24, 2.45) is 0 Å². The normalized spacial score (nSPS) is 18.0. The monoisotopic (exact) mass is 284 g/mol. The number of benzene rings is 2. The van der Waals surface area contributed by atoms with Crippen molar-refractivity contribution in [3.8, 4) is 0 Å². The molecule has 112 valence electrons. The Balaban J connectivity index is 1.54. The summed E-state index contributed by atoms with van der Waals surface area (Å²) in [5, 5.41) is 6.25. The summed E-state index contributed by atoms with van der Waals surface area (Å²) in [6.45, 7) is 8.23. The molecule has 1 heterocycles. The Morgan fingerprint density at radius 2 is 1.86 bits per heavy atom. The van der Waals surface area contributed by atoms with Crippen molar-refractivity contribution in [3.05, 3.63) is 48.0 Å². The molecule has 0 saturated carbocycles. The van der Waals surface area contributed by atoms with Crippen molar-refractivity contribution in [1.82, 2.24) is 10.2 Å². The number of morpholine rings is 1. The number of hydrogen-bond acceptors (Lipinski definition) is 3. The predicted octanol–water partition coefficient (Wildman–Crippen LogP) is 2.82. The Bertz CT molecular complexity index is 578. The van der Waals surface area contributed by atoms with Gasteiger partial charge in [-0.05, 0) is 29.3 Å². The molecule has 21 heavy (non-hydrogen) atoms. The maximum atomic E-state index is 5.38. The Kier molecular flexibility index (Phi) is 4.86. The SMILES string of the molecule is CC(NCCN1CCOCC1)c1ccc2ccccc2c1. The molecule has 3 heteroatoms. The van der Waals surface area contributed by atoms with Crippen LogP contribution in [-0.2, 0) is 4.74 Å². The minimum atomic E-state index is 0.385. The summed E-state index contributed by atoms with van der Waals surface area (Å²) in [6.07, 6.45) is 0. The molecule has 1 N–H and O–H groups in total. The van der Waals surface area contributed by atoms with Crippen molar-refractivity contribution in [2.45, 2.75) is 13.0 Å². The standard InChI is InChI=1S/C18H24N2O/c1-15(19-8-9-20-10-12-21-13-11-20)17-7-6-16-4-2-3-5-18(16)14-17/h2-7,14-15,19H,8-13H2,1H3. The van der Waals surface area contributed by atoms with E-state index < -0.39 is 0 Å². The first-order valence-corrected chi connectivity index (χ1v) is 7.85. The van der Waals surface area contributed by atoms with Gasteiger partial charge in [0.05, 0.1) is 13.2 Å². The highest BCUT2D eigenvalue weighted by atomic mass is 16.5. The molecule has 0 spiro atoms. The third kappa shape index (κ3) is 3.82. The summed E-state index contributed by atoms with van der Waals surface area (Å²) in [5.41, 5.74) is 1.36. The van der Waals surface area contributed by atoms with Gasteiger partial charge < -0.3 is 10.1 Å². The zero-order valence-corrected chi connectivity index (χ0v) is 12.7. The molecule has 1 fully saturated rings. The average molecular weight is 284 g/mol. The van der Waals surface area contributed by atoms with Crippen molar-refractivity contribution in [2.75, 3.05) is 39.4 Å². The van der Waals surface area contributed by atoms with E-state index in [0.717, 1.165) is 39.4 Å². The quantitative estimate of drug-likeness (QED) is 0.914. The van der Waals surface area contributed by atoms with Gasteiger partial charge in [0.2, 0.25) is 0 Å². The Morgan fingerprint density at radius 1 is 1.10 bits per heavy atom. The lowest BCUT2D eigenvalue weighted by atomic mass is 10.0. The molecule has 3 nitrogen and oxygen atoms in total. The largest absolute Gasteiger partial charge is 0.379 e. The average Bonchev–Trinajstić information content (AvgIpc) is 2.55. The van der Waals surface area contributed by atoms with Crippen LogP contribution in [0, 0.1) is 0 Å². The third-order valence-corrected chi connectivity index (χ3v) is 4.26. The lowest BCUT2D eigenvalue weighted by Gasteiger charge is -2.27. The van der Waals surface area contributed by atoms with E-state index in [-0.39, 0.29) is 0 Å². The minimum Gasteiger partial charge on any atom is -0.379 e. The van der Waals surface area contributed by atoms with Gasteiger partial charge in [-0.3, -0.25) is 4.90 Å². The van der Waals surface area contributed by atoms with Gasteiger partial charge >= 0.3 is 0 Å². The molecule has 1 saturated heterocycles. The lowest BCUT2D eigenvalue weighted by Crippen LogP contribution is -2.40. The van der Waals surface area contributed by atoms with E-state index in [1.54, 1.807) is 0 Å². The second-order valence-electron chi connectivity index (χ2n) is 5.74. The second kappa shape index (κ2) is 7.03. The maximum Gasteiger partial charge on any atom is 0.0594 e. The van der Waals surface area contributed by atoms with Gasteiger partial charge in [0, 0.05) is 32.2 Å². The van der Waals surface area contributed by atoms with Crippen molar-refractivity contribution in [3.63, 3.8) is 0 Å². The molecule has 0 bridgehead atoms. The van der Waals surface area contributed by atoms with Gasteiger partial charge in [0.25, 0.3) is 0 Å². The molecule has 1 aliphatic rings. The fourth-order valence-electron chi connectivity index (χ4n) is 2.86. The predicted molar refractivity (Wildman–Crippen MR) is 87.6 cm³/mol. The molecule has 0 amide bonds. The van der Waals surface area contributed by atoms with Crippen molar-refractivity contribution in [1.29, 1.82) is 0 Å². The van der Waals surface area contributed by atoms with E-state index in [2.05, 4.69) is 59.6 Å². The number of hydrogen-bond donors (Lipinski definition) is 1. The summed E-state index contributed by atoms with van der Waals surface area (Å²) in [7, 11) is 0. The van der Waals surface area contributed by atoms with Crippen LogP contribution in [0.1, 0.15) is 18.5 Å². The van der Waals surface area contributed by atoms with Crippen LogP contribution < -0.4 is 5.32 Å². The highest BCUT2D eigenvalue weighted by Crippen LogP contribution is 2.20. The van der Waals surface area contributed by atoms with E-state index in [1.807, 2.05) is 0 Å². The fraction of sp³-hybridized carbons (Fsp3) is 0.444. The summed E-state index contributed by atoms with van der Waals surface area (Å²) >= 11 is 0. The van der Waals surface area contributed by atoms with Gasteiger partial charge in [0.15, 0.2) is 0 Å². The number of nitrogens with zero attached hydrogens (tertiary/aromatic N) is 1. The Hall–Kier alpha value is -1.42. The van der Waals surface area contributed by atoms with Gasteiger partial charge in [-0.2, -0.15) is 0 Å². The van der Waals surface area contributed by atoms with Crippen LogP contribution in [0.4, 0.5) is 0 Å². The first kappa shape index (κ1) is 14.5. The molecule has 1 aliphatic heterocycles. The van der Waals surface area contributed by atoms with Crippen LogP contribution in [0.15, 0.2) is 42.5 Å². The van der Waals surface area contributed by atoms with E-state index in [1.165, 1.54) is 16.3 Å². The van der Waals surface area contributed by atoms with Crippen LogP contribution >= 0.6 is 0 Å². The molecular formula is C18H24N2O. The highest BCUT2D eigenvalue weighted by molar-refractivity contribution is 5.83. The maximum absolute atomic E-state index is 5.38. The summed E-state index contributed by atoms with van der Waals surface area (Å²) in [6, 6.07) is 15.7. The van der Waals surface area contributed by atoms with Crippen LogP contribution in [0.2, 0.25) is 0 Å². The van der Waals surface area contributed by atoms with Gasteiger partial charge in [-0.15, -0.1) is 0 Å². The minimum absolute atomic E-state index is 0.385. The zero-order chi connectivity index (χ0) is 14.5. The number of rotatable bonds is 5. The first-order valence-electron chi connectivity index (χ1n) is 7.85. The van der Waals surface area contributed by atoms with E-state index in [9.17, 15) is 0 Å². The molecule has 2 aromatic carbocycles. The molecule has 1 atom stereocenters. The van der Waals surface area contributed by atoms with Gasteiger partial charge in [-0.1, -0.05) is 36.4 Å². The fourth-order valence-corrected chi connectivity index (χ4v) is 2.86. The molecule has 0 radical (unpaired) electrons. The van der Waals surface area contributed by atoms with Gasteiger partial charge in [0.1, 0.15) is 0 Å². The molecule has 3 rings (SSSR count). The molecule has 2 aromatic rings. The van der Waals surface area contributed by atoms with Crippen molar-refractivity contribution < 1.29 is 4.74 Å². The Morgan fingerprint density at radius 3 is 2.67 bits per heavy atom. The molecule has 0 aliphatic carbocycles. The Labute approximate surface area is 126 Å². The van der Waals surface area contributed by atoms with Crippen LogP contribution in [0.5, 0.6) is 0 Å². The topological polar surface area (TPSA) is 24.5 Å². The van der Waals surface area contributed by atoms with E-state index >= 15 is 0 Å². The third-order valence-electron chi connectivity index (χ3n) is 4.26. The zero-order valence-electron chi connectivity index (χ0n) is 12.7. The second-order valence-corrected chi connectivity index (χ2v) is 5.74. The van der Waals surface area contributed by atoms with Crippen LogP contribution in [0.25, 0.3) is 10.8 Å². The highest BCUT2D eigenvalue weighted by Gasteiger charge is 2.10. The number of ether oxygens (including phenoxy) is 1. The summed E-state index contributed by atoms with van der Waals surface area (Å²) < 4.78 is 5.38. The van der Waals surface area contributed by atoms with Gasteiger partial charge in [-0.25, -0.2) is 0 Å². The number of fused-ring (bicyclic) bond motifs is 1. The lowest BCUT2D eigenvalue weighted by molar-refractivity contribution is 0.0382. The first-order chi connectivity index (χ1) is 10.3. The van der Waals surface area contributed by atoms with E-state index in [4.69, 9.17) is 4.74 Å². The molecule has 1 unspecified atom stereocenters. The summed E-state index contributed by atoms with van der Waals surface area (Å²) in [4.78, 5) is 2.46. The van der Waals surface area contributed by atoms with Crippen LogP contribution in [-0.4, -0.2) is 44.3 Å². The molecular weight excluding hydrogens is 260 g/mol. The molecule has 0 aromatic heterocycles.